The molecule has 0 radical (unpaired) electrons. The average molecular weight is 387 g/mol. The van der Waals surface area contributed by atoms with Crippen LogP contribution in [0.25, 0.3) is 0 Å². The summed E-state index contributed by atoms with van der Waals surface area (Å²) < 4.78 is 30.8. The molecule has 2 rings (SSSR count). The molecule has 7 nitrogen and oxygen atoms in total. The Morgan fingerprint density at radius 3 is 2.48 bits per heavy atom. The minimum absolute atomic E-state index is 0.280. The van der Waals surface area contributed by atoms with E-state index in [9.17, 15) is 13.2 Å². The van der Waals surface area contributed by atoms with Gasteiger partial charge in [-0.2, -0.15) is 5.26 Å². The van der Waals surface area contributed by atoms with Gasteiger partial charge >= 0.3 is 0 Å². The number of nitrogens with one attached hydrogen (secondary N) is 1. The molecule has 8 heteroatoms. The van der Waals surface area contributed by atoms with E-state index in [4.69, 9.17) is 10.00 Å². The zero-order valence-corrected chi connectivity index (χ0v) is 16.2. The Balaban J connectivity index is 2.25. The van der Waals surface area contributed by atoms with Crippen molar-refractivity contribution in [1.82, 2.24) is 0 Å². The predicted octanol–water partition coefficient (Wildman–Crippen LogP) is 2.55. The lowest BCUT2D eigenvalue weighted by Crippen LogP contribution is -2.45. The minimum atomic E-state index is -3.71. The van der Waals surface area contributed by atoms with E-state index >= 15 is 0 Å². The zero-order valence-electron chi connectivity index (χ0n) is 15.3. The fourth-order valence-corrected chi connectivity index (χ4v) is 3.77. The van der Waals surface area contributed by atoms with Crippen molar-refractivity contribution in [3.63, 3.8) is 0 Å². The van der Waals surface area contributed by atoms with Gasteiger partial charge in [0.2, 0.25) is 15.9 Å². The topological polar surface area (TPSA) is 99.5 Å². The summed E-state index contributed by atoms with van der Waals surface area (Å²) in [5.74, 6) is 0.0121. The molecule has 0 spiro atoms. The van der Waals surface area contributed by atoms with Crippen molar-refractivity contribution in [2.75, 3.05) is 23.0 Å². The molecular weight excluding hydrogens is 366 g/mol. The van der Waals surface area contributed by atoms with Gasteiger partial charge in [-0.3, -0.25) is 9.10 Å². The van der Waals surface area contributed by atoms with Crippen LogP contribution in [0.3, 0.4) is 0 Å². The molecule has 0 aliphatic rings. The smallest absolute Gasteiger partial charge is 0.247 e. The van der Waals surface area contributed by atoms with Crippen LogP contribution in [0.2, 0.25) is 0 Å². The van der Waals surface area contributed by atoms with E-state index in [0.717, 1.165) is 16.1 Å². The van der Waals surface area contributed by atoms with E-state index in [1.54, 1.807) is 48.5 Å². The summed E-state index contributed by atoms with van der Waals surface area (Å²) in [5.41, 5.74) is 1.69. The van der Waals surface area contributed by atoms with Gasteiger partial charge in [0.15, 0.2) is 0 Å². The molecule has 2 aromatic carbocycles. The van der Waals surface area contributed by atoms with Gasteiger partial charge in [-0.15, -0.1) is 0 Å². The summed E-state index contributed by atoms with van der Waals surface area (Å²) in [5, 5.41) is 11.4. The highest BCUT2D eigenvalue weighted by atomic mass is 32.2. The number of hydrogen-bond donors (Lipinski definition) is 1. The molecule has 0 bridgehead atoms. The van der Waals surface area contributed by atoms with Crippen molar-refractivity contribution in [1.29, 1.82) is 5.26 Å². The van der Waals surface area contributed by atoms with Crippen LogP contribution in [0.5, 0.6) is 5.75 Å². The summed E-state index contributed by atoms with van der Waals surface area (Å²) >= 11 is 0. The minimum Gasteiger partial charge on any atom is -0.497 e. The Kier molecular flexibility index (Phi) is 6.42. The molecule has 0 aromatic heterocycles. The summed E-state index contributed by atoms with van der Waals surface area (Å²) in [4.78, 5) is 12.6. The largest absolute Gasteiger partial charge is 0.497 e. The predicted molar refractivity (Wildman–Crippen MR) is 104 cm³/mol. The van der Waals surface area contributed by atoms with Crippen LogP contribution in [0.1, 0.15) is 12.5 Å². The molecule has 1 N–H and O–H groups in total. The highest BCUT2D eigenvalue weighted by Crippen LogP contribution is 2.25. The summed E-state index contributed by atoms with van der Waals surface area (Å²) in [6.45, 7) is 1.51. The Labute approximate surface area is 159 Å². The average Bonchev–Trinajstić information content (AvgIpc) is 2.62. The molecule has 0 unspecified atom stereocenters. The number of rotatable bonds is 7. The number of anilines is 2. The number of carbonyl (C=O) groups excluding carboxylic acids is 1. The molecule has 27 heavy (non-hydrogen) atoms. The van der Waals surface area contributed by atoms with Crippen molar-refractivity contribution >= 4 is 27.3 Å². The normalized spacial score (nSPS) is 11.9. The monoisotopic (exact) mass is 387 g/mol. The number of nitriles is 1. The first kappa shape index (κ1) is 20.3. The molecule has 0 saturated heterocycles. The number of methoxy groups -OCH3 is 1. The van der Waals surface area contributed by atoms with Gasteiger partial charge in [0.05, 0.1) is 31.5 Å². The lowest BCUT2D eigenvalue weighted by atomic mass is 10.1. The molecule has 0 aliphatic carbocycles. The van der Waals surface area contributed by atoms with Crippen molar-refractivity contribution < 1.29 is 17.9 Å². The van der Waals surface area contributed by atoms with Gasteiger partial charge in [-0.25, -0.2) is 8.42 Å². The number of sulfonamides is 1. The number of benzene rings is 2. The first-order valence-electron chi connectivity index (χ1n) is 8.16. The van der Waals surface area contributed by atoms with Crippen LogP contribution in [0, 0.1) is 11.3 Å². The molecule has 142 valence electrons. The van der Waals surface area contributed by atoms with Crippen LogP contribution in [-0.4, -0.2) is 33.7 Å². The lowest BCUT2D eigenvalue weighted by molar-refractivity contribution is -0.116. The molecule has 1 atom stereocenters. The SMILES string of the molecule is COc1cccc(N([C@H](C)C(=O)Nc2ccc(CC#N)cc2)S(C)(=O)=O)c1. The van der Waals surface area contributed by atoms with Crippen LogP contribution in [-0.2, 0) is 21.2 Å². The van der Waals surface area contributed by atoms with E-state index in [2.05, 4.69) is 11.4 Å². The number of amides is 1. The van der Waals surface area contributed by atoms with Gasteiger partial charge in [-0.1, -0.05) is 18.2 Å². The van der Waals surface area contributed by atoms with Gasteiger partial charge in [0.1, 0.15) is 11.8 Å². The zero-order chi connectivity index (χ0) is 20.0. The summed E-state index contributed by atoms with van der Waals surface area (Å²) in [6, 6.07) is 14.4. The fraction of sp³-hybridized carbons (Fsp3) is 0.263. The van der Waals surface area contributed by atoms with Crippen LogP contribution in [0.4, 0.5) is 11.4 Å². The van der Waals surface area contributed by atoms with E-state index in [0.29, 0.717) is 17.1 Å². The number of carbonyl (C=O) groups is 1. The number of ether oxygens (including phenoxy) is 1. The van der Waals surface area contributed by atoms with Gasteiger partial charge < -0.3 is 10.1 Å². The molecule has 0 aliphatic heterocycles. The Morgan fingerprint density at radius 2 is 1.93 bits per heavy atom. The third-order valence-corrected chi connectivity index (χ3v) is 5.14. The summed E-state index contributed by atoms with van der Waals surface area (Å²) in [7, 11) is -2.23. The first-order valence-corrected chi connectivity index (χ1v) is 10.0. The maximum atomic E-state index is 12.6. The van der Waals surface area contributed by atoms with Gasteiger partial charge in [0.25, 0.3) is 0 Å². The van der Waals surface area contributed by atoms with Crippen molar-refractivity contribution in [3.05, 3.63) is 54.1 Å². The number of hydrogen-bond acceptors (Lipinski definition) is 5. The van der Waals surface area contributed by atoms with Crippen molar-refractivity contribution in [2.24, 2.45) is 0 Å². The first-order chi connectivity index (χ1) is 12.8. The van der Waals surface area contributed by atoms with Crippen molar-refractivity contribution in [3.8, 4) is 11.8 Å². The second-order valence-electron chi connectivity index (χ2n) is 5.96. The third-order valence-electron chi connectivity index (χ3n) is 3.90. The molecular formula is C19H21N3O4S. The standard InChI is InChI=1S/C19H21N3O4S/c1-14(19(23)21-16-9-7-15(8-10-16)11-12-20)22(27(3,24)25)17-5-4-6-18(13-17)26-2/h4-10,13-14H,11H2,1-3H3,(H,21,23)/t14-/m1/s1. The van der Waals surface area contributed by atoms with Gasteiger partial charge in [-0.05, 0) is 36.8 Å². The summed E-state index contributed by atoms with van der Waals surface area (Å²) in [6.07, 6.45) is 1.33. The maximum Gasteiger partial charge on any atom is 0.247 e. The quantitative estimate of drug-likeness (QED) is 0.787. The third kappa shape index (κ3) is 5.21. The molecule has 1 amide bonds. The second kappa shape index (κ2) is 8.56. The second-order valence-corrected chi connectivity index (χ2v) is 7.82. The van der Waals surface area contributed by atoms with Crippen molar-refractivity contribution in [2.45, 2.75) is 19.4 Å². The van der Waals surface area contributed by atoms with E-state index in [1.165, 1.54) is 14.0 Å². The van der Waals surface area contributed by atoms with E-state index in [-0.39, 0.29) is 6.42 Å². The number of nitrogens with zero attached hydrogens (tertiary/aromatic N) is 2. The maximum absolute atomic E-state index is 12.6. The highest BCUT2D eigenvalue weighted by molar-refractivity contribution is 7.92. The van der Waals surface area contributed by atoms with E-state index in [1.807, 2.05) is 0 Å². The fourth-order valence-electron chi connectivity index (χ4n) is 2.60. The van der Waals surface area contributed by atoms with E-state index < -0.39 is 22.0 Å². The van der Waals surface area contributed by atoms with Crippen LogP contribution in [0.15, 0.2) is 48.5 Å². The molecule has 0 saturated carbocycles. The highest BCUT2D eigenvalue weighted by Gasteiger charge is 2.29. The molecule has 2 aromatic rings. The Morgan fingerprint density at radius 1 is 1.26 bits per heavy atom. The Bertz CT molecular complexity index is 950. The molecule has 0 heterocycles. The Hall–Kier alpha value is -3.05. The molecule has 0 fully saturated rings. The van der Waals surface area contributed by atoms with Gasteiger partial charge in [0, 0.05) is 11.8 Å². The van der Waals surface area contributed by atoms with Crippen LogP contribution >= 0.6 is 0 Å². The van der Waals surface area contributed by atoms with Crippen LogP contribution < -0.4 is 14.4 Å². The lowest BCUT2D eigenvalue weighted by Gasteiger charge is -2.28.